The van der Waals surface area contributed by atoms with Crippen LogP contribution in [0, 0.1) is 5.92 Å². The first-order chi connectivity index (χ1) is 10.1. The lowest BCUT2D eigenvalue weighted by Crippen LogP contribution is -2.48. The van der Waals surface area contributed by atoms with E-state index < -0.39 is 10.2 Å². The topological polar surface area (TPSA) is 61.9 Å². The van der Waals surface area contributed by atoms with Crippen LogP contribution in [0.15, 0.2) is 0 Å². The number of ether oxygens (including phenoxy) is 1. The molecule has 0 amide bonds. The molecule has 1 heterocycles. The van der Waals surface area contributed by atoms with Crippen LogP contribution in [0.3, 0.4) is 0 Å². The molecule has 0 bridgehead atoms. The summed E-state index contributed by atoms with van der Waals surface area (Å²) in [6.07, 6.45) is 1.88. The molecule has 0 unspecified atom stereocenters. The molecule has 0 atom stereocenters. The van der Waals surface area contributed by atoms with Crippen LogP contribution in [0.1, 0.15) is 33.6 Å². The van der Waals surface area contributed by atoms with E-state index in [4.69, 9.17) is 4.74 Å². The van der Waals surface area contributed by atoms with Gasteiger partial charge in [-0.2, -0.15) is 17.0 Å². The van der Waals surface area contributed by atoms with Crippen molar-refractivity contribution in [2.75, 3.05) is 52.5 Å². The minimum Gasteiger partial charge on any atom is -0.380 e. The van der Waals surface area contributed by atoms with Gasteiger partial charge >= 0.3 is 0 Å². The maximum atomic E-state index is 12.6. The summed E-state index contributed by atoms with van der Waals surface area (Å²) in [4.78, 5) is 0. The third-order valence-electron chi connectivity index (χ3n) is 3.95. The van der Waals surface area contributed by atoms with Gasteiger partial charge in [-0.05, 0) is 38.8 Å². The SMILES string of the molecule is CCNCC1CCN(S(=O)(=O)N(CC)CCOCC)CC1. The van der Waals surface area contributed by atoms with Gasteiger partial charge in [0, 0.05) is 32.8 Å². The average molecular weight is 321 g/mol. The number of nitrogens with one attached hydrogen (secondary N) is 1. The summed E-state index contributed by atoms with van der Waals surface area (Å²) in [6.45, 7) is 11.1. The molecule has 1 N–H and O–H groups in total. The van der Waals surface area contributed by atoms with Crippen LogP contribution in [0.4, 0.5) is 0 Å². The molecular weight excluding hydrogens is 290 g/mol. The van der Waals surface area contributed by atoms with Crippen molar-refractivity contribution in [3.8, 4) is 0 Å². The molecule has 126 valence electrons. The Morgan fingerprint density at radius 2 is 1.90 bits per heavy atom. The van der Waals surface area contributed by atoms with Gasteiger partial charge in [0.1, 0.15) is 0 Å². The summed E-state index contributed by atoms with van der Waals surface area (Å²) in [6, 6.07) is 0. The van der Waals surface area contributed by atoms with Gasteiger partial charge in [-0.15, -0.1) is 0 Å². The molecule has 7 heteroatoms. The average Bonchev–Trinajstić information content (AvgIpc) is 2.49. The molecule has 0 spiro atoms. The van der Waals surface area contributed by atoms with Gasteiger partial charge in [-0.1, -0.05) is 13.8 Å². The third-order valence-corrected chi connectivity index (χ3v) is 6.06. The molecule has 1 aliphatic heterocycles. The summed E-state index contributed by atoms with van der Waals surface area (Å²) in [5.41, 5.74) is 0. The molecule has 21 heavy (non-hydrogen) atoms. The van der Waals surface area contributed by atoms with Crippen LogP contribution in [0.5, 0.6) is 0 Å². The fraction of sp³-hybridized carbons (Fsp3) is 1.00. The van der Waals surface area contributed by atoms with Crippen LogP contribution in [-0.4, -0.2) is 69.5 Å². The van der Waals surface area contributed by atoms with E-state index in [0.717, 1.165) is 25.9 Å². The number of hydrogen-bond acceptors (Lipinski definition) is 4. The van der Waals surface area contributed by atoms with Crippen molar-refractivity contribution in [2.45, 2.75) is 33.6 Å². The summed E-state index contributed by atoms with van der Waals surface area (Å²) < 4.78 is 33.7. The zero-order valence-corrected chi connectivity index (χ0v) is 14.5. The quantitative estimate of drug-likeness (QED) is 0.608. The van der Waals surface area contributed by atoms with Gasteiger partial charge in [0.05, 0.1) is 6.61 Å². The molecular formula is C14H31N3O3S. The Balaban J connectivity index is 2.50. The first-order valence-corrected chi connectivity index (χ1v) is 9.49. The van der Waals surface area contributed by atoms with E-state index >= 15 is 0 Å². The first kappa shape index (κ1) is 18.8. The summed E-state index contributed by atoms with van der Waals surface area (Å²) >= 11 is 0. The normalized spacial score (nSPS) is 18.5. The van der Waals surface area contributed by atoms with Crippen molar-refractivity contribution in [2.24, 2.45) is 5.92 Å². The van der Waals surface area contributed by atoms with Crippen LogP contribution >= 0.6 is 0 Å². The van der Waals surface area contributed by atoms with Crippen molar-refractivity contribution in [1.82, 2.24) is 13.9 Å². The molecule has 0 aliphatic carbocycles. The Hall–Kier alpha value is -0.210. The van der Waals surface area contributed by atoms with E-state index in [1.165, 1.54) is 4.31 Å². The van der Waals surface area contributed by atoms with E-state index in [2.05, 4.69) is 12.2 Å². The van der Waals surface area contributed by atoms with Crippen molar-refractivity contribution >= 4 is 10.2 Å². The maximum Gasteiger partial charge on any atom is 0.282 e. The second-order valence-electron chi connectivity index (χ2n) is 5.35. The molecule has 0 aromatic carbocycles. The highest BCUT2D eigenvalue weighted by Gasteiger charge is 2.31. The fourth-order valence-corrected chi connectivity index (χ4v) is 4.23. The minimum atomic E-state index is -3.33. The highest BCUT2D eigenvalue weighted by Crippen LogP contribution is 2.20. The second-order valence-corrected chi connectivity index (χ2v) is 7.27. The predicted molar refractivity (Wildman–Crippen MR) is 85.5 cm³/mol. The van der Waals surface area contributed by atoms with Gasteiger partial charge < -0.3 is 10.1 Å². The van der Waals surface area contributed by atoms with E-state index in [9.17, 15) is 8.42 Å². The number of rotatable bonds is 10. The first-order valence-electron chi connectivity index (χ1n) is 8.09. The summed E-state index contributed by atoms with van der Waals surface area (Å²) in [5.74, 6) is 0.593. The maximum absolute atomic E-state index is 12.6. The smallest absolute Gasteiger partial charge is 0.282 e. The Morgan fingerprint density at radius 1 is 1.24 bits per heavy atom. The Labute approximate surface area is 130 Å². The molecule has 6 nitrogen and oxygen atoms in total. The van der Waals surface area contributed by atoms with E-state index in [1.54, 1.807) is 4.31 Å². The summed E-state index contributed by atoms with van der Waals surface area (Å²) in [5, 5.41) is 3.34. The van der Waals surface area contributed by atoms with Crippen LogP contribution < -0.4 is 5.32 Å². The Morgan fingerprint density at radius 3 is 2.43 bits per heavy atom. The van der Waals surface area contributed by atoms with Gasteiger partial charge in [0.15, 0.2) is 0 Å². The van der Waals surface area contributed by atoms with Crippen molar-refractivity contribution < 1.29 is 13.2 Å². The standard InChI is InChI=1S/C14H31N3O3S/c1-4-15-13-14-7-9-17(10-8-14)21(18,19)16(5-2)11-12-20-6-3/h14-15H,4-13H2,1-3H3. The molecule has 0 aromatic heterocycles. The second kappa shape index (κ2) is 9.74. The molecule has 0 saturated carbocycles. The van der Waals surface area contributed by atoms with Gasteiger partial charge in [-0.25, -0.2) is 0 Å². The van der Waals surface area contributed by atoms with Gasteiger partial charge in [0.2, 0.25) is 0 Å². The van der Waals surface area contributed by atoms with Gasteiger partial charge in [0.25, 0.3) is 10.2 Å². The Bertz CT molecular complexity index is 368. The zero-order valence-electron chi connectivity index (χ0n) is 13.7. The van der Waals surface area contributed by atoms with Crippen molar-refractivity contribution in [3.63, 3.8) is 0 Å². The van der Waals surface area contributed by atoms with E-state index in [-0.39, 0.29) is 0 Å². The van der Waals surface area contributed by atoms with E-state index in [0.29, 0.717) is 45.3 Å². The highest BCUT2D eigenvalue weighted by atomic mass is 32.2. The monoisotopic (exact) mass is 321 g/mol. The molecule has 1 aliphatic rings. The molecule has 1 fully saturated rings. The zero-order chi connectivity index (χ0) is 15.7. The lowest BCUT2D eigenvalue weighted by Gasteiger charge is -2.34. The number of piperidine rings is 1. The fourth-order valence-electron chi connectivity index (χ4n) is 2.60. The largest absolute Gasteiger partial charge is 0.380 e. The predicted octanol–water partition coefficient (Wildman–Crippen LogP) is 0.911. The third kappa shape index (κ3) is 5.83. The highest BCUT2D eigenvalue weighted by molar-refractivity contribution is 7.86. The molecule has 0 aromatic rings. The van der Waals surface area contributed by atoms with E-state index in [1.807, 2.05) is 13.8 Å². The van der Waals surface area contributed by atoms with Crippen molar-refractivity contribution in [3.05, 3.63) is 0 Å². The number of hydrogen-bond donors (Lipinski definition) is 1. The minimum absolute atomic E-state index is 0.435. The molecule has 1 saturated heterocycles. The molecule has 0 radical (unpaired) electrons. The Kier molecular flexibility index (Phi) is 8.73. The number of likely N-dealkylation sites (N-methyl/N-ethyl adjacent to an activating group) is 1. The van der Waals surface area contributed by atoms with Gasteiger partial charge in [-0.3, -0.25) is 0 Å². The lowest BCUT2D eigenvalue weighted by atomic mass is 9.98. The van der Waals surface area contributed by atoms with Crippen molar-refractivity contribution in [1.29, 1.82) is 0 Å². The summed E-state index contributed by atoms with van der Waals surface area (Å²) in [7, 11) is -3.33. The van der Waals surface area contributed by atoms with Crippen LogP contribution in [0.2, 0.25) is 0 Å². The van der Waals surface area contributed by atoms with Crippen LogP contribution in [-0.2, 0) is 14.9 Å². The number of nitrogens with zero attached hydrogens (tertiary/aromatic N) is 2. The molecule has 1 rings (SSSR count). The van der Waals surface area contributed by atoms with Crippen LogP contribution in [0.25, 0.3) is 0 Å². The lowest BCUT2D eigenvalue weighted by molar-refractivity contribution is 0.133.